The van der Waals surface area contributed by atoms with Gasteiger partial charge in [0.15, 0.2) is 0 Å². The highest BCUT2D eigenvalue weighted by Crippen LogP contribution is 2.13. The third kappa shape index (κ3) is 3.51. The van der Waals surface area contributed by atoms with Gasteiger partial charge in [0.2, 0.25) is 0 Å². The van der Waals surface area contributed by atoms with Crippen molar-refractivity contribution in [2.24, 2.45) is 5.92 Å². The van der Waals surface area contributed by atoms with Gasteiger partial charge in [-0.2, -0.15) is 8.42 Å². The molecule has 4 nitrogen and oxygen atoms in total. The first kappa shape index (κ1) is 9.95. The van der Waals surface area contributed by atoms with Crippen molar-refractivity contribution in [1.82, 2.24) is 5.32 Å². The molecule has 72 valence electrons. The molecule has 5 heteroatoms. The molecule has 0 saturated carbocycles. The van der Waals surface area contributed by atoms with E-state index in [2.05, 4.69) is 12.2 Å². The molecule has 0 aromatic rings. The Morgan fingerprint density at radius 3 is 2.58 bits per heavy atom. The fraction of sp³-hybridized carbons (Fsp3) is 1.00. The quantitative estimate of drug-likeness (QED) is 0.625. The van der Waals surface area contributed by atoms with Crippen LogP contribution in [0.15, 0.2) is 0 Å². The first-order chi connectivity index (χ1) is 5.47. The molecule has 0 radical (unpaired) electrons. The number of rotatable bonds is 2. The molecule has 2 atom stereocenters. The fourth-order valence-electron chi connectivity index (χ4n) is 1.43. The van der Waals surface area contributed by atoms with E-state index in [-0.39, 0.29) is 6.10 Å². The Hall–Kier alpha value is -0.130. The zero-order valence-corrected chi connectivity index (χ0v) is 8.23. The van der Waals surface area contributed by atoms with Crippen molar-refractivity contribution in [3.8, 4) is 0 Å². The molecule has 0 aliphatic carbocycles. The topological polar surface area (TPSA) is 55.4 Å². The summed E-state index contributed by atoms with van der Waals surface area (Å²) in [6.45, 7) is 3.66. The molecule has 12 heavy (non-hydrogen) atoms. The molecule has 1 aliphatic rings. The molecule has 1 saturated heterocycles. The second-order valence-corrected chi connectivity index (χ2v) is 5.02. The molecule has 1 heterocycles. The molecule has 2 unspecified atom stereocenters. The Balaban J connectivity index is 2.43. The minimum atomic E-state index is -3.29. The Bertz CT molecular complexity index is 237. The minimum Gasteiger partial charge on any atom is -0.314 e. The zero-order valence-electron chi connectivity index (χ0n) is 7.41. The van der Waals surface area contributed by atoms with Crippen LogP contribution in [0.4, 0.5) is 0 Å². The maximum Gasteiger partial charge on any atom is 0.264 e. The van der Waals surface area contributed by atoms with Gasteiger partial charge in [-0.3, -0.25) is 4.18 Å². The molecular formula is C7H15NO3S. The van der Waals surface area contributed by atoms with Crippen LogP contribution in [-0.2, 0) is 14.3 Å². The predicted octanol–water partition coefficient (Wildman–Crippen LogP) is -0.0394. The smallest absolute Gasteiger partial charge is 0.264 e. The molecule has 1 rings (SSSR count). The van der Waals surface area contributed by atoms with Gasteiger partial charge in [0, 0.05) is 6.54 Å². The van der Waals surface area contributed by atoms with Gasteiger partial charge in [-0.1, -0.05) is 6.92 Å². The van der Waals surface area contributed by atoms with E-state index in [0.29, 0.717) is 12.5 Å². The summed E-state index contributed by atoms with van der Waals surface area (Å²) in [6, 6.07) is 0. The first-order valence-corrected chi connectivity index (χ1v) is 5.88. The average Bonchev–Trinajstić information content (AvgIpc) is 1.82. The normalized spacial score (nSPS) is 31.8. The summed E-state index contributed by atoms with van der Waals surface area (Å²) >= 11 is 0. The van der Waals surface area contributed by atoms with Crippen LogP contribution in [0.5, 0.6) is 0 Å². The monoisotopic (exact) mass is 193 g/mol. The van der Waals surface area contributed by atoms with E-state index in [0.717, 1.165) is 19.2 Å². The minimum absolute atomic E-state index is 0.177. The van der Waals surface area contributed by atoms with E-state index >= 15 is 0 Å². The highest BCUT2D eigenvalue weighted by atomic mass is 32.2. The zero-order chi connectivity index (χ0) is 9.19. The third-order valence-electron chi connectivity index (χ3n) is 1.84. The van der Waals surface area contributed by atoms with Crippen molar-refractivity contribution in [1.29, 1.82) is 0 Å². The van der Waals surface area contributed by atoms with E-state index in [1.807, 2.05) is 0 Å². The van der Waals surface area contributed by atoms with Gasteiger partial charge < -0.3 is 5.32 Å². The number of piperidine rings is 1. The Kier molecular flexibility index (Phi) is 3.09. The summed E-state index contributed by atoms with van der Waals surface area (Å²) in [5, 5.41) is 3.12. The van der Waals surface area contributed by atoms with Crippen LogP contribution in [0.2, 0.25) is 0 Å². The van der Waals surface area contributed by atoms with Crippen LogP contribution in [0.25, 0.3) is 0 Å². The summed E-state index contributed by atoms with van der Waals surface area (Å²) in [7, 11) is -3.29. The Morgan fingerprint density at radius 2 is 2.08 bits per heavy atom. The first-order valence-electron chi connectivity index (χ1n) is 4.06. The van der Waals surface area contributed by atoms with Crippen molar-refractivity contribution < 1.29 is 12.6 Å². The van der Waals surface area contributed by atoms with Crippen molar-refractivity contribution in [3.63, 3.8) is 0 Å². The van der Waals surface area contributed by atoms with Gasteiger partial charge in [0.05, 0.1) is 12.4 Å². The standard InChI is InChI=1S/C7H15NO3S/c1-6-3-7(5-8-4-6)11-12(2,9)10/h6-8H,3-5H2,1-2H3. The van der Waals surface area contributed by atoms with Crippen LogP contribution >= 0.6 is 0 Å². The molecule has 0 spiro atoms. The van der Waals surface area contributed by atoms with E-state index in [1.54, 1.807) is 0 Å². The molecule has 0 aromatic heterocycles. The van der Waals surface area contributed by atoms with Crippen molar-refractivity contribution in [2.45, 2.75) is 19.4 Å². The predicted molar refractivity (Wildman–Crippen MR) is 46.4 cm³/mol. The van der Waals surface area contributed by atoms with Crippen LogP contribution in [0, 0.1) is 5.92 Å². The third-order valence-corrected chi connectivity index (χ3v) is 2.46. The number of hydrogen-bond acceptors (Lipinski definition) is 4. The van der Waals surface area contributed by atoms with Gasteiger partial charge in [-0.05, 0) is 18.9 Å². The summed E-state index contributed by atoms with van der Waals surface area (Å²) < 4.78 is 26.4. The van der Waals surface area contributed by atoms with Crippen LogP contribution in [0.3, 0.4) is 0 Å². The molecule has 0 aromatic carbocycles. The lowest BCUT2D eigenvalue weighted by molar-refractivity contribution is 0.150. The van der Waals surface area contributed by atoms with Gasteiger partial charge in [0.25, 0.3) is 10.1 Å². The van der Waals surface area contributed by atoms with E-state index in [9.17, 15) is 8.42 Å². The highest BCUT2D eigenvalue weighted by Gasteiger charge is 2.22. The summed E-state index contributed by atoms with van der Waals surface area (Å²) in [5.74, 6) is 0.491. The fourth-order valence-corrected chi connectivity index (χ4v) is 2.07. The van der Waals surface area contributed by atoms with Gasteiger partial charge in [-0.15, -0.1) is 0 Å². The van der Waals surface area contributed by atoms with Gasteiger partial charge in [0.1, 0.15) is 0 Å². The molecule has 1 fully saturated rings. The second-order valence-electron chi connectivity index (χ2n) is 3.42. The number of nitrogens with one attached hydrogen (secondary N) is 1. The number of hydrogen-bond donors (Lipinski definition) is 1. The molecule has 1 N–H and O–H groups in total. The summed E-state index contributed by atoms with van der Waals surface area (Å²) in [4.78, 5) is 0. The molecule has 1 aliphatic heterocycles. The van der Waals surface area contributed by atoms with Gasteiger partial charge >= 0.3 is 0 Å². The van der Waals surface area contributed by atoms with Crippen LogP contribution in [-0.4, -0.2) is 33.9 Å². The SMILES string of the molecule is CC1CNCC(OS(C)(=O)=O)C1. The summed E-state index contributed by atoms with van der Waals surface area (Å²) in [6.07, 6.45) is 1.73. The largest absolute Gasteiger partial charge is 0.314 e. The summed E-state index contributed by atoms with van der Waals surface area (Å²) in [5.41, 5.74) is 0. The maximum absolute atomic E-state index is 10.8. The van der Waals surface area contributed by atoms with Crippen molar-refractivity contribution in [2.75, 3.05) is 19.3 Å². The highest BCUT2D eigenvalue weighted by molar-refractivity contribution is 7.86. The second kappa shape index (κ2) is 3.72. The van der Waals surface area contributed by atoms with Crippen LogP contribution < -0.4 is 5.32 Å². The lowest BCUT2D eigenvalue weighted by atomic mass is 10.0. The molecule has 0 amide bonds. The van der Waals surface area contributed by atoms with Crippen LogP contribution in [0.1, 0.15) is 13.3 Å². The van der Waals surface area contributed by atoms with Gasteiger partial charge in [-0.25, -0.2) is 0 Å². The van der Waals surface area contributed by atoms with E-state index < -0.39 is 10.1 Å². The Labute approximate surface area is 73.4 Å². The van der Waals surface area contributed by atoms with E-state index in [4.69, 9.17) is 4.18 Å². The Morgan fingerprint density at radius 1 is 1.42 bits per heavy atom. The van der Waals surface area contributed by atoms with Crippen molar-refractivity contribution in [3.05, 3.63) is 0 Å². The maximum atomic E-state index is 10.8. The van der Waals surface area contributed by atoms with E-state index in [1.165, 1.54) is 0 Å². The lowest BCUT2D eigenvalue weighted by Gasteiger charge is -2.26. The average molecular weight is 193 g/mol. The van der Waals surface area contributed by atoms with Crippen molar-refractivity contribution >= 4 is 10.1 Å². The lowest BCUT2D eigenvalue weighted by Crippen LogP contribution is -2.40. The molecule has 0 bridgehead atoms. The molecular weight excluding hydrogens is 178 g/mol.